The summed E-state index contributed by atoms with van der Waals surface area (Å²) < 4.78 is 0. The molecule has 0 atom stereocenters. The van der Waals surface area contributed by atoms with Crippen LogP contribution < -0.4 is 4.90 Å². The monoisotopic (exact) mass is 310 g/mol. The summed E-state index contributed by atoms with van der Waals surface area (Å²) in [6, 6.07) is 13.0. The minimum atomic E-state index is -0.601. The fourth-order valence-electron chi connectivity index (χ4n) is 2.27. The summed E-state index contributed by atoms with van der Waals surface area (Å²) >= 11 is 0. The van der Waals surface area contributed by atoms with Gasteiger partial charge in [0.2, 0.25) is 0 Å². The van der Waals surface area contributed by atoms with Gasteiger partial charge in [-0.2, -0.15) is 0 Å². The topological polar surface area (TPSA) is 79.1 Å². The van der Waals surface area contributed by atoms with Gasteiger partial charge < -0.3 is 10.1 Å². The molecule has 116 valence electrons. The Morgan fingerprint density at radius 3 is 1.96 bits per heavy atom. The maximum Gasteiger partial charge on any atom is 0.370 e. The molecule has 0 aliphatic carbocycles. The Morgan fingerprint density at radius 1 is 0.957 bits per heavy atom. The van der Waals surface area contributed by atoms with E-state index in [0.29, 0.717) is 5.01 Å². The van der Waals surface area contributed by atoms with Gasteiger partial charge in [0.1, 0.15) is 5.22 Å². The lowest BCUT2D eigenvalue weighted by molar-refractivity contribution is -0.455. The molecule has 0 radical (unpaired) electrons. The van der Waals surface area contributed by atoms with Crippen LogP contribution in [0.2, 0.25) is 0 Å². The Balaban J connectivity index is 1.90. The third-order valence-corrected chi connectivity index (χ3v) is 3.53. The average Bonchev–Trinajstić information content (AvgIpc) is 2.80. The van der Waals surface area contributed by atoms with Crippen LogP contribution in [-0.4, -0.2) is 35.8 Å². The summed E-state index contributed by atoms with van der Waals surface area (Å²) in [5.74, 6) is -1.20. The zero-order valence-corrected chi connectivity index (χ0v) is 12.6. The van der Waals surface area contributed by atoms with Gasteiger partial charge in [-0.15, -0.1) is 4.86 Å². The van der Waals surface area contributed by atoms with Crippen LogP contribution in [0.15, 0.2) is 53.8 Å². The largest absolute Gasteiger partial charge is 0.691 e. The van der Waals surface area contributed by atoms with Gasteiger partial charge >= 0.3 is 11.8 Å². The number of fused-ring (bicyclic) bond motifs is 1. The minimum Gasteiger partial charge on any atom is -0.691 e. The third-order valence-electron chi connectivity index (χ3n) is 3.53. The van der Waals surface area contributed by atoms with E-state index in [0.717, 1.165) is 5.69 Å². The molecule has 2 amide bonds. The van der Waals surface area contributed by atoms with E-state index in [9.17, 15) is 14.8 Å². The van der Waals surface area contributed by atoms with Crippen molar-refractivity contribution in [2.24, 2.45) is 5.22 Å². The molecular formula is C16H14N4O3. The maximum atomic E-state index is 12.2. The van der Waals surface area contributed by atoms with Gasteiger partial charge in [0.05, 0.1) is 11.1 Å². The third kappa shape index (κ3) is 2.52. The number of hydrogen-bond acceptors (Lipinski definition) is 5. The molecule has 7 nitrogen and oxygen atoms in total. The Bertz CT molecular complexity index is 777. The summed E-state index contributed by atoms with van der Waals surface area (Å²) in [6.45, 7) is 0. The standard InChI is InChI=1S/C16H14N4O3/c1-18(2)11-7-9-12(10-8-11)20(23)17-19-15(21)13-5-3-4-6-14(13)16(19)22/h3-10H,1-2H3/b20-17-. The second-order valence-corrected chi connectivity index (χ2v) is 5.24. The molecule has 0 unspecified atom stereocenters. The zero-order valence-electron chi connectivity index (χ0n) is 12.6. The van der Waals surface area contributed by atoms with Crippen LogP contribution >= 0.6 is 0 Å². The number of imide groups is 1. The average molecular weight is 310 g/mol. The summed E-state index contributed by atoms with van der Waals surface area (Å²) in [4.78, 5) is 26.5. The van der Waals surface area contributed by atoms with Crippen LogP contribution in [0.25, 0.3) is 0 Å². The number of carbonyl (C=O) groups excluding carboxylic acids is 2. The molecule has 2 aromatic rings. The number of amides is 2. The Hall–Kier alpha value is -3.22. The second-order valence-electron chi connectivity index (χ2n) is 5.24. The molecule has 1 aliphatic rings. The van der Waals surface area contributed by atoms with Gasteiger partial charge in [0.25, 0.3) is 0 Å². The van der Waals surface area contributed by atoms with Crippen LogP contribution in [0.5, 0.6) is 0 Å². The van der Waals surface area contributed by atoms with E-state index < -0.39 is 11.8 Å². The van der Waals surface area contributed by atoms with Crippen LogP contribution in [0.4, 0.5) is 11.4 Å². The molecule has 0 bridgehead atoms. The molecule has 7 heteroatoms. The lowest BCUT2D eigenvalue weighted by Gasteiger charge is -2.13. The number of anilines is 1. The molecule has 0 saturated carbocycles. The van der Waals surface area contributed by atoms with Crippen molar-refractivity contribution in [1.82, 2.24) is 5.01 Å². The molecule has 1 aliphatic heterocycles. The quantitative estimate of drug-likeness (QED) is 0.378. The van der Waals surface area contributed by atoms with Crippen molar-refractivity contribution < 1.29 is 14.4 Å². The normalized spacial score (nSPS) is 14.2. The van der Waals surface area contributed by atoms with E-state index in [1.54, 1.807) is 36.4 Å². The van der Waals surface area contributed by atoms with E-state index >= 15 is 0 Å². The smallest absolute Gasteiger partial charge is 0.370 e. The Labute approximate surface area is 132 Å². The highest BCUT2D eigenvalue weighted by Gasteiger charge is 2.43. The first-order valence-corrected chi connectivity index (χ1v) is 6.93. The second kappa shape index (κ2) is 5.53. The van der Waals surface area contributed by atoms with Crippen molar-refractivity contribution in [2.75, 3.05) is 19.0 Å². The molecule has 23 heavy (non-hydrogen) atoms. The van der Waals surface area contributed by atoms with E-state index in [1.807, 2.05) is 19.0 Å². The van der Waals surface area contributed by atoms with Crippen LogP contribution in [0, 0.1) is 5.21 Å². The Morgan fingerprint density at radius 2 is 1.48 bits per heavy atom. The van der Waals surface area contributed by atoms with E-state index in [2.05, 4.69) is 5.22 Å². The SMILES string of the molecule is CN(C)c1ccc(/[N+]([O-])=N/N2C(=O)c3ccccc3C2=O)cc1. The van der Waals surface area contributed by atoms with E-state index in [-0.39, 0.29) is 21.7 Å². The number of rotatable bonds is 3. The summed E-state index contributed by atoms with van der Waals surface area (Å²) in [7, 11) is 3.76. The molecule has 0 N–H and O–H groups in total. The highest BCUT2D eigenvalue weighted by molar-refractivity contribution is 6.20. The molecule has 0 saturated heterocycles. The van der Waals surface area contributed by atoms with Gasteiger partial charge in [-0.05, 0) is 41.4 Å². The molecule has 2 aromatic carbocycles. The first-order chi connectivity index (χ1) is 11.0. The number of nitrogens with zero attached hydrogens (tertiary/aromatic N) is 4. The zero-order chi connectivity index (χ0) is 16.6. The highest BCUT2D eigenvalue weighted by Crippen LogP contribution is 2.24. The van der Waals surface area contributed by atoms with Gasteiger partial charge in [0.15, 0.2) is 5.69 Å². The van der Waals surface area contributed by atoms with Crippen LogP contribution in [0.3, 0.4) is 0 Å². The lowest BCUT2D eigenvalue weighted by atomic mass is 10.1. The van der Waals surface area contributed by atoms with Crippen molar-refractivity contribution >= 4 is 23.2 Å². The maximum absolute atomic E-state index is 12.2. The fourth-order valence-corrected chi connectivity index (χ4v) is 2.27. The van der Waals surface area contributed by atoms with Crippen molar-refractivity contribution in [1.29, 1.82) is 0 Å². The van der Waals surface area contributed by atoms with Crippen LogP contribution in [0.1, 0.15) is 20.7 Å². The summed E-state index contributed by atoms with van der Waals surface area (Å²) in [6.07, 6.45) is 0. The highest BCUT2D eigenvalue weighted by atomic mass is 16.5. The van der Waals surface area contributed by atoms with Gasteiger partial charge in [-0.25, -0.2) is 9.59 Å². The first kappa shape index (κ1) is 14.7. The number of carbonyl (C=O) groups is 2. The summed E-state index contributed by atoms with van der Waals surface area (Å²) in [5, 5.41) is 16.3. The van der Waals surface area contributed by atoms with Gasteiger partial charge in [-0.1, -0.05) is 12.1 Å². The van der Waals surface area contributed by atoms with Crippen molar-refractivity contribution in [3.05, 3.63) is 64.9 Å². The first-order valence-electron chi connectivity index (χ1n) is 6.93. The predicted octanol–water partition coefficient (Wildman–Crippen LogP) is 2.56. The van der Waals surface area contributed by atoms with Crippen molar-refractivity contribution in [3.63, 3.8) is 0 Å². The molecule has 0 aromatic heterocycles. The summed E-state index contributed by atoms with van der Waals surface area (Å²) in [5.41, 5.74) is 1.64. The van der Waals surface area contributed by atoms with E-state index in [4.69, 9.17) is 0 Å². The van der Waals surface area contributed by atoms with Crippen LogP contribution in [-0.2, 0) is 0 Å². The Kier molecular flexibility index (Phi) is 3.53. The molecule has 0 spiro atoms. The molecule has 1 heterocycles. The molecular weight excluding hydrogens is 296 g/mol. The predicted molar refractivity (Wildman–Crippen MR) is 83.4 cm³/mol. The van der Waals surface area contributed by atoms with Crippen molar-refractivity contribution in [2.45, 2.75) is 0 Å². The molecule has 3 rings (SSSR count). The minimum absolute atomic E-state index is 0.229. The van der Waals surface area contributed by atoms with E-state index in [1.165, 1.54) is 12.1 Å². The molecule has 0 fully saturated rings. The number of hydrogen-bond donors (Lipinski definition) is 0. The van der Waals surface area contributed by atoms with Crippen molar-refractivity contribution in [3.8, 4) is 0 Å². The van der Waals surface area contributed by atoms with Gasteiger partial charge in [0, 0.05) is 19.8 Å². The number of benzene rings is 2. The lowest BCUT2D eigenvalue weighted by Crippen LogP contribution is -2.25. The van der Waals surface area contributed by atoms with Gasteiger partial charge in [-0.3, -0.25) is 0 Å². The fraction of sp³-hybridized carbons (Fsp3) is 0.125.